The van der Waals surface area contributed by atoms with Crippen LogP contribution in [0.1, 0.15) is 31.4 Å². The highest BCUT2D eigenvalue weighted by molar-refractivity contribution is 5.35. The average molecular weight is 248 g/mol. The van der Waals surface area contributed by atoms with Gasteiger partial charge < -0.3 is 15.4 Å². The van der Waals surface area contributed by atoms with E-state index in [0.29, 0.717) is 6.61 Å². The van der Waals surface area contributed by atoms with Crippen molar-refractivity contribution in [1.82, 2.24) is 4.90 Å². The lowest BCUT2D eigenvalue weighted by Crippen LogP contribution is -2.30. The Bertz CT molecular complexity index is 377. The average Bonchev–Trinajstić information content (AvgIpc) is 3.13. The maximum atomic E-state index is 6.30. The molecule has 3 nitrogen and oxygen atoms in total. The van der Waals surface area contributed by atoms with Crippen LogP contribution in [0, 0.1) is 5.92 Å². The smallest absolute Gasteiger partial charge is 0.124 e. The van der Waals surface area contributed by atoms with E-state index >= 15 is 0 Å². The Hall–Kier alpha value is -1.06. The molecule has 1 aliphatic rings. The minimum Gasteiger partial charge on any atom is -0.494 e. The third-order valence-corrected chi connectivity index (χ3v) is 3.39. The summed E-state index contributed by atoms with van der Waals surface area (Å²) in [6, 6.07) is 8.12. The molecule has 1 fully saturated rings. The molecular weight excluding hydrogens is 224 g/mol. The van der Waals surface area contributed by atoms with Gasteiger partial charge in [-0.25, -0.2) is 0 Å². The van der Waals surface area contributed by atoms with Crippen LogP contribution in [0.2, 0.25) is 0 Å². The molecule has 1 aromatic rings. The van der Waals surface area contributed by atoms with Gasteiger partial charge in [-0.05, 0) is 38.8 Å². The molecule has 1 saturated carbocycles. The minimum atomic E-state index is 0.0245. The van der Waals surface area contributed by atoms with Crippen LogP contribution in [0.25, 0.3) is 0 Å². The van der Waals surface area contributed by atoms with Gasteiger partial charge >= 0.3 is 0 Å². The van der Waals surface area contributed by atoms with E-state index < -0.39 is 0 Å². The van der Waals surface area contributed by atoms with E-state index in [9.17, 15) is 0 Å². The largest absolute Gasteiger partial charge is 0.494 e. The van der Waals surface area contributed by atoms with E-state index in [2.05, 4.69) is 18.0 Å². The number of ether oxygens (including phenoxy) is 1. The molecule has 0 bridgehead atoms. The number of hydrogen-bond donors (Lipinski definition) is 1. The fraction of sp³-hybridized carbons (Fsp3) is 0.600. The van der Waals surface area contributed by atoms with E-state index in [1.807, 2.05) is 25.1 Å². The Balaban J connectivity index is 1.95. The van der Waals surface area contributed by atoms with Crippen molar-refractivity contribution in [2.24, 2.45) is 11.7 Å². The summed E-state index contributed by atoms with van der Waals surface area (Å²) in [6.45, 7) is 4.74. The number of benzene rings is 1. The molecule has 2 rings (SSSR count). The topological polar surface area (TPSA) is 38.5 Å². The third-order valence-electron chi connectivity index (χ3n) is 3.39. The predicted molar refractivity (Wildman–Crippen MR) is 74.8 cm³/mol. The zero-order chi connectivity index (χ0) is 13.0. The summed E-state index contributed by atoms with van der Waals surface area (Å²) >= 11 is 0. The van der Waals surface area contributed by atoms with Crippen molar-refractivity contribution in [3.63, 3.8) is 0 Å². The summed E-state index contributed by atoms with van der Waals surface area (Å²) in [4.78, 5) is 2.34. The molecule has 0 spiro atoms. The highest BCUT2D eigenvalue weighted by atomic mass is 16.5. The van der Waals surface area contributed by atoms with Gasteiger partial charge in [0.2, 0.25) is 0 Å². The lowest BCUT2D eigenvalue weighted by atomic mass is 10.1. The number of rotatable bonds is 7. The standard InChI is InChI=1S/C15H24N2O/c1-3-18-15-7-5-4-6-13(15)14(16)11-17(2)10-12-8-9-12/h4-7,12,14H,3,8-11,16H2,1-2H3. The van der Waals surface area contributed by atoms with Crippen molar-refractivity contribution in [3.8, 4) is 5.75 Å². The first-order valence-corrected chi connectivity index (χ1v) is 6.86. The van der Waals surface area contributed by atoms with E-state index in [1.54, 1.807) is 0 Å². The van der Waals surface area contributed by atoms with Gasteiger partial charge in [-0.2, -0.15) is 0 Å². The number of para-hydroxylation sites is 1. The van der Waals surface area contributed by atoms with Crippen molar-refractivity contribution in [2.45, 2.75) is 25.8 Å². The van der Waals surface area contributed by atoms with Gasteiger partial charge in [-0.3, -0.25) is 0 Å². The number of nitrogens with zero attached hydrogens (tertiary/aromatic N) is 1. The second kappa shape index (κ2) is 6.21. The quantitative estimate of drug-likeness (QED) is 0.805. The summed E-state index contributed by atoms with van der Waals surface area (Å²) in [6.07, 6.45) is 2.77. The molecule has 2 N–H and O–H groups in total. The predicted octanol–water partition coefficient (Wildman–Crippen LogP) is 2.43. The number of hydrogen-bond acceptors (Lipinski definition) is 3. The number of likely N-dealkylation sites (N-methyl/N-ethyl adjacent to an activating group) is 1. The maximum Gasteiger partial charge on any atom is 0.124 e. The van der Waals surface area contributed by atoms with Crippen LogP contribution >= 0.6 is 0 Å². The summed E-state index contributed by atoms with van der Waals surface area (Å²) in [5.74, 6) is 1.83. The van der Waals surface area contributed by atoms with Gasteiger partial charge in [0.1, 0.15) is 5.75 Å². The monoisotopic (exact) mass is 248 g/mol. The molecule has 18 heavy (non-hydrogen) atoms. The summed E-state index contributed by atoms with van der Waals surface area (Å²) in [5, 5.41) is 0. The van der Waals surface area contributed by atoms with Gasteiger partial charge in [-0.1, -0.05) is 18.2 Å². The first-order chi connectivity index (χ1) is 8.70. The second-order valence-electron chi connectivity index (χ2n) is 5.24. The SMILES string of the molecule is CCOc1ccccc1C(N)CN(C)CC1CC1. The van der Waals surface area contributed by atoms with E-state index in [4.69, 9.17) is 10.5 Å². The highest BCUT2D eigenvalue weighted by Crippen LogP contribution is 2.30. The lowest BCUT2D eigenvalue weighted by Gasteiger charge is -2.23. The molecule has 0 radical (unpaired) electrons. The fourth-order valence-electron chi connectivity index (χ4n) is 2.32. The second-order valence-corrected chi connectivity index (χ2v) is 5.24. The van der Waals surface area contributed by atoms with Gasteiger partial charge in [0.05, 0.1) is 6.61 Å². The minimum absolute atomic E-state index is 0.0245. The Morgan fingerprint density at radius 1 is 1.39 bits per heavy atom. The normalized spacial score (nSPS) is 16.9. The first-order valence-electron chi connectivity index (χ1n) is 6.86. The molecule has 0 aliphatic heterocycles. The van der Waals surface area contributed by atoms with Crippen LogP contribution in [-0.4, -0.2) is 31.6 Å². The van der Waals surface area contributed by atoms with Gasteiger partial charge in [-0.15, -0.1) is 0 Å². The van der Waals surface area contributed by atoms with Crippen molar-refractivity contribution < 1.29 is 4.74 Å². The number of nitrogens with two attached hydrogens (primary N) is 1. The molecule has 100 valence electrons. The highest BCUT2D eigenvalue weighted by Gasteiger charge is 2.24. The summed E-state index contributed by atoms with van der Waals surface area (Å²) in [7, 11) is 2.15. The third kappa shape index (κ3) is 3.72. The van der Waals surface area contributed by atoms with Crippen molar-refractivity contribution >= 4 is 0 Å². The van der Waals surface area contributed by atoms with Crippen LogP contribution in [0.15, 0.2) is 24.3 Å². The molecule has 1 unspecified atom stereocenters. The van der Waals surface area contributed by atoms with E-state index in [-0.39, 0.29) is 6.04 Å². The summed E-state index contributed by atoms with van der Waals surface area (Å²) < 4.78 is 5.63. The molecule has 0 saturated heterocycles. The molecule has 0 amide bonds. The van der Waals surface area contributed by atoms with Crippen LogP contribution in [0.3, 0.4) is 0 Å². The molecule has 1 atom stereocenters. The van der Waals surface area contributed by atoms with Crippen molar-refractivity contribution in [1.29, 1.82) is 0 Å². The maximum absolute atomic E-state index is 6.30. The van der Waals surface area contributed by atoms with Gasteiger partial charge in [0, 0.05) is 24.7 Å². The molecule has 0 heterocycles. The van der Waals surface area contributed by atoms with Crippen LogP contribution < -0.4 is 10.5 Å². The Morgan fingerprint density at radius 2 is 2.11 bits per heavy atom. The van der Waals surface area contributed by atoms with Crippen molar-refractivity contribution in [3.05, 3.63) is 29.8 Å². The van der Waals surface area contributed by atoms with Crippen LogP contribution in [0.5, 0.6) is 5.75 Å². The molecular formula is C15H24N2O. The first kappa shape index (κ1) is 13.4. The van der Waals surface area contributed by atoms with E-state index in [0.717, 1.165) is 23.8 Å². The van der Waals surface area contributed by atoms with Crippen LogP contribution in [0.4, 0.5) is 0 Å². The molecule has 0 aromatic heterocycles. The molecule has 1 aliphatic carbocycles. The van der Waals surface area contributed by atoms with Gasteiger partial charge in [0.25, 0.3) is 0 Å². The zero-order valence-corrected chi connectivity index (χ0v) is 11.4. The van der Waals surface area contributed by atoms with E-state index in [1.165, 1.54) is 19.4 Å². The molecule has 3 heteroatoms. The molecule has 1 aromatic carbocycles. The van der Waals surface area contributed by atoms with Gasteiger partial charge in [0.15, 0.2) is 0 Å². The fourth-order valence-corrected chi connectivity index (χ4v) is 2.32. The summed E-state index contributed by atoms with van der Waals surface area (Å²) in [5.41, 5.74) is 7.41. The lowest BCUT2D eigenvalue weighted by molar-refractivity contribution is 0.292. The van der Waals surface area contributed by atoms with Crippen molar-refractivity contribution in [2.75, 3.05) is 26.7 Å². The zero-order valence-electron chi connectivity index (χ0n) is 11.4. The Morgan fingerprint density at radius 3 is 2.78 bits per heavy atom. The Labute approximate surface area is 110 Å². The Kier molecular flexibility index (Phi) is 4.61. The van der Waals surface area contributed by atoms with Crippen LogP contribution in [-0.2, 0) is 0 Å².